The topological polar surface area (TPSA) is 100 Å². The van der Waals surface area contributed by atoms with Crippen molar-refractivity contribution < 1.29 is 9.90 Å². The highest BCUT2D eigenvalue weighted by molar-refractivity contribution is 6.10. The van der Waals surface area contributed by atoms with Crippen LogP contribution in [0.4, 0.5) is 17.5 Å². The van der Waals surface area contributed by atoms with Crippen LogP contribution in [-0.4, -0.2) is 32.6 Å². The van der Waals surface area contributed by atoms with Crippen LogP contribution >= 0.6 is 0 Å². The van der Waals surface area contributed by atoms with Crippen LogP contribution in [0.3, 0.4) is 0 Å². The predicted octanol–water partition coefficient (Wildman–Crippen LogP) is 5.86. The molecular weight excluding hydrogens is 402 g/mol. The molecule has 0 aliphatic heterocycles. The fourth-order valence-electron chi connectivity index (χ4n) is 3.83. The van der Waals surface area contributed by atoms with Crippen LogP contribution in [0.5, 0.6) is 0 Å². The van der Waals surface area contributed by atoms with Crippen molar-refractivity contribution in [3.05, 3.63) is 60.3 Å². The van der Waals surface area contributed by atoms with Crippen LogP contribution in [-0.2, 0) is 0 Å². The number of rotatable bonds is 9. The number of benzene rings is 2. The van der Waals surface area contributed by atoms with Crippen LogP contribution in [0.1, 0.15) is 43.5 Å². The number of nitrogens with zero attached hydrogens (tertiary/aromatic N) is 3. The maximum atomic E-state index is 11.4. The van der Waals surface area contributed by atoms with Crippen LogP contribution < -0.4 is 10.6 Å². The quantitative estimate of drug-likeness (QED) is 0.287. The number of nitrogens with one attached hydrogen (secondary N) is 2. The van der Waals surface area contributed by atoms with E-state index in [9.17, 15) is 9.90 Å². The molecule has 0 amide bonds. The van der Waals surface area contributed by atoms with E-state index in [1.807, 2.05) is 30.3 Å². The summed E-state index contributed by atoms with van der Waals surface area (Å²) in [5, 5.41) is 17.7. The minimum atomic E-state index is -0.986. The Morgan fingerprint density at radius 1 is 1.03 bits per heavy atom. The first-order chi connectivity index (χ1) is 15.6. The number of aromatic carboxylic acids is 1. The van der Waals surface area contributed by atoms with E-state index < -0.39 is 5.97 Å². The molecule has 7 nitrogen and oxygen atoms in total. The number of para-hydroxylation sites is 1. The largest absolute Gasteiger partial charge is 0.478 e. The molecule has 0 saturated carbocycles. The maximum Gasteiger partial charge on any atom is 0.335 e. The van der Waals surface area contributed by atoms with Gasteiger partial charge >= 0.3 is 5.97 Å². The van der Waals surface area contributed by atoms with Crippen molar-refractivity contribution in [2.24, 2.45) is 5.92 Å². The highest BCUT2D eigenvalue weighted by Gasteiger charge is 2.14. The molecule has 32 heavy (non-hydrogen) atoms. The van der Waals surface area contributed by atoms with Crippen LogP contribution in [0, 0.1) is 5.92 Å². The minimum Gasteiger partial charge on any atom is -0.478 e. The Kier molecular flexibility index (Phi) is 6.44. The second kappa shape index (κ2) is 9.60. The summed E-state index contributed by atoms with van der Waals surface area (Å²) in [6.07, 6.45) is 5.17. The van der Waals surface area contributed by atoms with Gasteiger partial charge in [-0.15, -0.1) is 0 Å². The van der Waals surface area contributed by atoms with Gasteiger partial charge in [0.1, 0.15) is 5.52 Å². The van der Waals surface area contributed by atoms with Gasteiger partial charge < -0.3 is 15.7 Å². The molecule has 0 atom stereocenters. The summed E-state index contributed by atoms with van der Waals surface area (Å²) in [6, 6.07) is 14.6. The number of pyridine rings is 1. The van der Waals surface area contributed by atoms with Crippen LogP contribution in [0.15, 0.2) is 54.7 Å². The highest BCUT2D eigenvalue weighted by atomic mass is 16.4. The minimum absolute atomic E-state index is 0.190. The normalized spacial score (nSPS) is 11.2. The molecule has 164 valence electrons. The average molecular weight is 430 g/mol. The van der Waals surface area contributed by atoms with E-state index in [4.69, 9.17) is 9.97 Å². The Balaban J connectivity index is 1.76. The molecule has 2 aromatic carbocycles. The van der Waals surface area contributed by atoms with Gasteiger partial charge in [0.2, 0.25) is 5.95 Å². The van der Waals surface area contributed by atoms with E-state index >= 15 is 0 Å². The third kappa shape index (κ3) is 4.61. The summed E-state index contributed by atoms with van der Waals surface area (Å²) >= 11 is 0. The van der Waals surface area contributed by atoms with Gasteiger partial charge in [-0.2, -0.15) is 0 Å². The van der Waals surface area contributed by atoms with E-state index in [1.165, 1.54) is 0 Å². The van der Waals surface area contributed by atoms with E-state index in [0.29, 0.717) is 28.7 Å². The molecule has 0 aliphatic carbocycles. The van der Waals surface area contributed by atoms with E-state index in [1.54, 1.807) is 24.4 Å². The molecule has 0 bridgehead atoms. The number of aromatic nitrogens is 3. The second-order valence-corrected chi connectivity index (χ2v) is 7.84. The second-order valence-electron chi connectivity index (χ2n) is 7.84. The third-order valence-electron chi connectivity index (χ3n) is 5.81. The molecular formula is C25H27N5O2. The lowest BCUT2D eigenvalue weighted by Crippen LogP contribution is -2.10. The van der Waals surface area contributed by atoms with Crippen molar-refractivity contribution in [3.8, 4) is 0 Å². The molecule has 0 fully saturated rings. The molecule has 0 unspecified atom stereocenters. The number of hydrogen-bond donors (Lipinski definition) is 3. The molecule has 4 aromatic rings. The summed E-state index contributed by atoms with van der Waals surface area (Å²) in [6.45, 7) is 5.24. The highest BCUT2D eigenvalue weighted by Crippen LogP contribution is 2.30. The Hall–Kier alpha value is -3.74. The standard InChI is InChI=1S/C25H27N5O2/c1-3-16(4-2)12-13-26-25-27-15-20-19-11-10-17(24(31)32)14-21(19)29-23(22(20)30-25)28-18-8-6-5-7-9-18/h5-11,14-16H,3-4,12-13H2,1-2H3,(H,28,29)(H,31,32)(H,26,27,30). The summed E-state index contributed by atoms with van der Waals surface area (Å²) in [5.41, 5.74) is 2.32. The van der Waals surface area contributed by atoms with Crippen molar-refractivity contribution in [3.63, 3.8) is 0 Å². The Bertz CT molecular complexity index is 1240. The van der Waals surface area contributed by atoms with Crippen molar-refractivity contribution in [2.45, 2.75) is 33.1 Å². The molecule has 0 spiro atoms. The maximum absolute atomic E-state index is 11.4. The fourth-order valence-corrected chi connectivity index (χ4v) is 3.83. The zero-order valence-corrected chi connectivity index (χ0v) is 18.3. The Morgan fingerprint density at radius 2 is 1.81 bits per heavy atom. The molecule has 3 N–H and O–H groups in total. The molecule has 2 heterocycles. The molecule has 4 rings (SSSR count). The zero-order valence-electron chi connectivity index (χ0n) is 18.3. The van der Waals surface area contributed by atoms with Crippen molar-refractivity contribution in [2.75, 3.05) is 17.2 Å². The fraction of sp³-hybridized carbons (Fsp3) is 0.280. The first-order valence-corrected chi connectivity index (χ1v) is 11.0. The van der Waals surface area contributed by atoms with E-state index in [0.717, 1.165) is 42.3 Å². The van der Waals surface area contributed by atoms with Gasteiger partial charge in [-0.3, -0.25) is 0 Å². The van der Waals surface area contributed by atoms with Crippen molar-refractivity contribution in [1.82, 2.24) is 15.0 Å². The van der Waals surface area contributed by atoms with Gasteiger partial charge in [-0.25, -0.2) is 19.7 Å². The number of hydrogen-bond acceptors (Lipinski definition) is 6. The first-order valence-electron chi connectivity index (χ1n) is 11.0. The third-order valence-corrected chi connectivity index (χ3v) is 5.81. The number of carboxylic acids is 1. The zero-order chi connectivity index (χ0) is 22.5. The number of carbonyl (C=O) groups is 1. The van der Waals surface area contributed by atoms with Gasteiger partial charge in [0.15, 0.2) is 5.82 Å². The first kappa shape index (κ1) is 21.5. The van der Waals surface area contributed by atoms with Crippen LogP contribution in [0.2, 0.25) is 0 Å². The van der Waals surface area contributed by atoms with Gasteiger partial charge in [0.05, 0.1) is 11.1 Å². The van der Waals surface area contributed by atoms with Crippen molar-refractivity contribution in [1.29, 1.82) is 0 Å². The van der Waals surface area contributed by atoms with Gasteiger partial charge in [0, 0.05) is 29.2 Å². The predicted molar refractivity (Wildman–Crippen MR) is 129 cm³/mol. The molecule has 2 aromatic heterocycles. The molecule has 0 aliphatic rings. The smallest absolute Gasteiger partial charge is 0.335 e. The summed E-state index contributed by atoms with van der Waals surface area (Å²) in [5.74, 6) is 0.821. The number of fused-ring (bicyclic) bond motifs is 3. The molecule has 0 radical (unpaired) electrons. The Labute approximate surface area is 186 Å². The molecule has 0 saturated heterocycles. The lowest BCUT2D eigenvalue weighted by molar-refractivity contribution is 0.0697. The summed E-state index contributed by atoms with van der Waals surface area (Å²) < 4.78 is 0. The number of anilines is 3. The van der Waals surface area contributed by atoms with Gasteiger partial charge in [-0.05, 0) is 36.6 Å². The van der Waals surface area contributed by atoms with Crippen molar-refractivity contribution >= 4 is 45.2 Å². The van der Waals surface area contributed by atoms with Gasteiger partial charge in [0.25, 0.3) is 0 Å². The lowest BCUT2D eigenvalue weighted by Gasteiger charge is -2.14. The average Bonchev–Trinajstić information content (AvgIpc) is 2.82. The molecule has 7 heteroatoms. The number of carboxylic acid groups (broad SMARTS) is 1. The Morgan fingerprint density at radius 3 is 2.53 bits per heavy atom. The summed E-state index contributed by atoms with van der Waals surface area (Å²) in [4.78, 5) is 25.5. The van der Waals surface area contributed by atoms with Crippen LogP contribution in [0.25, 0.3) is 21.8 Å². The lowest BCUT2D eigenvalue weighted by atomic mass is 10.00. The monoisotopic (exact) mass is 429 g/mol. The SMILES string of the molecule is CCC(CC)CCNc1ncc2c(n1)c(Nc1ccccc1)nc1cc(C(=O)O)ccc12. The van der Waals surface area contributed by atoms with E-state index in [2.05, 4.69) is 29.5 Å². The summed E-state index contributed by atoms with van der Waals surface area (Å²) in [7, 11) is 0. The van der Waals surface area contributed by atoms with E-state index in [-0.39, 0.29) is 5.56 Å². The van der Waals surface area contributed by atoms with Gasteiger partial charge in [-0.1, -0.05) is 51.0 Å².